The van der Waals surface area contributed by atoms with Gasteiger partial charge in [0.25, 0.3) is 5.91 Å². The Morgan fingerprint density at radius 2 is 1.94 bits per heavy atom. The van der Waals surface area contributed by atoms with Crippen molar-refractivity contribution in [3.05, 3.63) is 84.1 Å². The lowest BCUT2D eigenvalue weighted by atomic mass is 9.74. The number of carbonyl (C=O) groups excluding carboxylic acids is 1. The fourth-order valence-corrected chi connectivity index (χ4v) is 4.84. The Bertz CT molecular complexity index is 1440. The van der Waals surface area contributed by atoms with E-state index in [1.807, 2.05) is 35.2 Å². The molecule has 0 spiro atoms. The minimum Gasteiger partial charge on any atom is -0.394 e. The highest BCUT2D eigenvalue weighted by atomic mass is 19.1. The molecule has 5 rings (SSSR count). The van der Waals surface area contributed by atoms with E-state index in [1.54, 1.807) is 12.3 Å². The number of benzene rings is 2. The number of rotatable bonds is 6. The van der Waals surface area contributed by atoms with Gasteiger partial charge in [0.15, 0.2) is 0 Å². The second kappa shape index (κ2) is 9.76. The van der Waals surface area contributed by atoms with Crippen LogP contribution in [0.4, 0.5) is 15.8 Å². The van der Waals surface area contributed by atoms with Crippen LogP contribution in [-0.2, 0) is 12.0 Å². The van der Waals surface area contributed by atoms with Gasteiger partial charge < -0.3 is 15.3 Å². The molecule has 0 saturated carbocycles. The maximum Gasteiger partial charge on any atom is 0.259 e. The molecular weight excluding hydrogens is 459 g/mol. The predicted octanol–water partition coefficient (Wildman–Crippen LogP) is 3.88. The first kappa shape index (κ1) is 23.5. The second-order valence-corrected chi connectivity index (χ2v) is 8.90. The molecule has 1 aliphatic heterocycles. The molecule has 9 heteroatoms. The highest BCUT2D eigenvalue weighted by Gasteiger charge is 2.37. The van der Waals surface area contributed by atoms with Crippen LogP contribution in [0.3, 0.4) is 0 Å². The van der Waals surface area contributed by atoms with E-state index in [2.05, 4.69) is 21.5 Å². The molecule has 36 heavy (non-hydrogen) atoms. The molecule has 1 aliphatic rings. The minimum absolute atomic E-state index is 0.0680. The summed E-state index contributed by atoms with van der Waals surface area (Å²) in [7, 11) is 0. The number of amides is 1. The maximum absolute atomic E-state index is 14.3. The van der Waals surface area contributed by atoms with Crippen molar-refractivity contribution in [3.8, 4) is 6.07 Å². The first-order valence-electron chi connectivity index (χ1n) is 11.8. The molecule has 0 aliphatic carbocycles. The number of aromatic nitrogens is 3. The third kappa shape index (κ3) is 4.39. The van der Waals surface area contributed by atoms with Crippen LogP contribution in [0.1, 0.15) is 28.8 Å². The van der Waals surface area contributed by atoms with Gasteiger partial charge in [0.05, 0.1) is 53.3 Å². The number of nitrogens with one attached hydrogen (secondary N) is 1. The van der Waals surface area contributed by atoms with Crippen LogP contribution in [-0.4, -0.2) is 45.5 Å². The molecule has 2 aromatic heterocycles. The Hall–Kier alpha value is -4.29. The normalized spacial score (nSPS) is 15.0. The molecule has 2 N–H and O–H groups in total. The molecule has 0 atom stereocenters. The molecule has 0 bridgehead atoms. The smallest absolute Gasteiger partial charge is 0.259 e. The average molecular weight is 485 g/mol. The van der Waals surface area contributed by atoms with Crippen molar-refractivity contribution in [2.75, 3.05) is 29.9 Å². The lowest BCUT2D eigenvalue weighted by molar-refractivity contribution is 0.102. The summed E-state index contributed by atoms with van der Waals surface area (Å²) in [5, 5.41) is 26.7. The van der Waals surface area contributed by atoms with Crippen molar-refractivity contribution in [1.82, 2.24) is 14.8 Å². The van der Waals surface area contributed by atoms with Crippen LogP contribution in [0.25, 0.3) is 10.9 Å². The van der Waals surface area contributed by atoms with Gasteiger partial charge in [0.2, 0.25) is 0 Å². The van der Waals surface area contributed by atoms with Gasteiger partial charge in [-0.2, -0.15) is 10.4 Å². The molecule has 3 heterocycles. The van der Waals surface area contributed by atoms with E-state index < -0.39 is 17.1 Å². The van der Waals surface area contributed by atoms with Crippen LogP contribution in [0.15, 0.2) is 67.1 Å². The molecule has 182 valence electrons. The number of fused-ring (bicyclic) bond motifs is 1. The topological polar surface area (TPSA) is 107 Å². The second-order valence-electron chi connectivity index (χ2n) is 8.90. The number of anilines is 2. The van der Waals surface area contributed by atoms with Crippen LogP contribution >= 0.6 is 0 Å². The number of nitrogens with zero attached hydrogens (tertiary/aromatic N) is 5. The maximum atomic E-state index is 14.3. The van der Waals surface area contributed by atoms with Crippen molar-refractivity contribution in [2.24, 2.45) is 0 Å². The van der Waals surface area contributed by atoms with Crippen molar-refractivity contribution >= 4 is 28.2 Å². The summed E-state index contributed by atoms with van der Waals surface area (Å²) in [5.74, 6) is -0.812. The quantitative estimate of drug-likeness (QED) is 0.430. The van der Waals surface area contributed by atoms with Gasteiger partial charge in [-0.15, -0.1) is 0 Å². The fourth-order valence-electron chi connectivity index (χ4n) is 4.84. The predicted molar refractivity (Wildman–Crippen MR) is 134 cm³/mol. The summed E-state index contributed by atoms with van der Waals surface area (Å²) in [5.41, 5.74) is 2.33. The van der Waals surface area contributed by atoms with Crippen LogP contribution < -0.4 is 10.2 Å². The van der Waals surface area contributed by atoms with Crippen molar-refractivity contribution in [1.29, 1.82) is 5.26 Å². The van der Waals surface area contributed by atoms with Crippen molar-refractivity contribution < 1.29 is 14.3 Å². The van der Waals surface area contributed by atoms with E-state index in [0.717, 1.165) is 5.56 Å². The minimum atomic E-state index is -0.616. The first-order chi connectivity index (χ1) is 17.5. The number of aliphatic hydroxyl groups is 1. The molecule has 1 saturated heterocycles. The first-order valence-corrected chi connectivity index (χ1v) is 11.8. The molecule has 2 aromatic carbocycles. The monoisotopic (exact) mass is 484 g/mol. The zero-order valence-electron chi connectivity index (χ0n) is 19.6. The number of hydrogen-bond acceptors (Lipinski definition) is 6. The summed E-state index contributed by atoms with van der Waals surface area (Å²) in [6.07, 6.45) is 5.78. The standard InChI is InChI=1S/C27H25FN6O2/c28-20-6-7-24-22(14-20)25(23(16-30-24)26(36)32-21-15-31-34(17-21)12-13-35)33-10-8-27(18-29,9-11-33)19-4-2-1-3-5-19/h1-7,14-17,35H,8-13H2,(H,32,36). The number of pyridine rings is 1. The fraction of sp³-hybridized carbons (Fsp3) is 0.259. The number of halogens is 1. The highest BCUT2D eigenvalue weighted by molar-refractivity contribution is 6.12. The number of piperidine rings is 1. The zero-order chi connectivity index (χ0) is 25.1. The van der Waals surface area contributed by atoms with Crippen LogP contribution in [0, 0.1) is 17.1 Å². The van der Waals surface area contributed by atoms with E-state index >= 15 is 0 Å². The zero-order valence-corrected chi connectivity index (χ0v) is 19.6. The molecule has 0 unspecified atom stereocenters. The number of aliphatic hydroxyl groups excluding tert-OH is 1. The van der Waals surface area contributed by atoms with E-state index in [4.69, 9.17) is 5.11 Å². The summed E-state index contributed by atoms with van der Waals surface area (Å²) in [4.78, 5) is 19.8. The van der Waals surface area contributed by atoms with Gasteiger partial charge in [0.1, 0.15) is 5.82 Å². The number of carbonyl (C=O) groups is 1. The summed E-state index contributed by atoms with van der Waals surface area (Å²) < 4.78 is 15.8. The lowest BCUT2D eigenvalue weighted by Crippen LogP contribution is -2.42. The Balaban J connectivity index is 1.49. The van der Waals surface area contributed by atoms with Crippen molar-refractivity contribution in [2.45, 2.75) is 24.8 Å². The summed E-state index contributed by atoms with van der Waals surface area (Å²) in [6.45, 7) is 1.29. The molecule has 8 nitrogen and oxygen atoms in total. The Morgan fingerprint density at radius 1 is 1.17 bits per heavy atom. The number of hydrogen-bond donors (Lipinski definition) is 2. The molecule has 4 aromatic rings. The summed E-state index contributed by atoms with van der Waals surface area (Å²) in [6, 6.07) is 16.6. The molecule has 1 amide bonds. The largest absolute Gasteiger partial charge is 0.394 e. The van der Waals surface area contributed by atoms with E-state index in [-0.39, 0.29) is 6.61 Å². The summed E-state index contributed by atoms with van der Waals surface area (Å²) >= 11 is 0. The lowest BCUT2D eigenvalue weighted by Gasteiger charge is -2.39. The van der Waals surface area contributed by atoms with Crippen LogP contribution in [0.2, 0.25) is 0 Å². The van der Waals surface area contributed by atoms with Gasteiger partial charge in [-0.05, 0) is 36.6 Å². The van der Waals surface area contributed by atoms with Gasteiger partial charge in [-0.25, -0.2) is 4.39 Å². The molecular formula is C27H25FN6O2. The number of nitriles is 1. The van der Waals surface area contributed by atoms with Crippen LogP contribution in [0.5, 0.6) is 0 Å². The highest BCUT2D eigenvalue weighted by Crippen LogP contribution is 2.39. The SMILES string of the molecule is N#CC1(c2ccccc2)CCN(c2c(C(=O)Nc3cnn(CCO)c3)cnc3ccc(F)cc23)CC1. The molecule has 1 fully saturated rings. The van der Waals surface area contributed by atoms with Gasteiger partial charge >= 0.3 is 0 Å². The Morgan fingerprint density at radius 3 is 2.67 bits per heavy atom. The molecule has 0 radical (unpaired) electrons. The van der Waals surface area contributed by atoms with Gasteiger partial charge in [-0.1, -0.05) is 30.3 Å². The van der Waals surface area contributed by atoms with Gasteiger partial charge in [-0.3, -0.25) is 14.5 Å². The van der Waals surface area contributed by atoms with Gasteiger partial charge in [0, 0.05) is 30.9 Å². The third-order valence-corrected chi connectivity index (χ3v) is 6.74. The Kier molecular flexibility index (Phi) is 6.36. The Labute approximate surface area is 207 Å². The van der Waals surface area contributed by atoms with E-state index in [1.165, 1.54) is 29.2 Å². The average Bonchev–Trinajstić information content (AvgIpc) is 3.35. The van der Waals surface area contributed by atoms with E-state index in [0.29, 0.717) is 60.3 Å². The third-order valence-electron chi connectivity index (χ3n) is 6.74. The van der Waals surface area contributed by atoms with E-state index in [9.17, 15) is 14.4 Å². The van der Waals surface area contributed by atoms with Crippen molar-refractivity contribution in [3.63, 3.8) is 0 Å².